The van der Waals surface area contributed by atoms with Crippen molar-refractivity contribution in [2.24, 2.45) is 5.73 Å². The molecule has 1 aliphatic rings. The van der Waals surface area contributed by atoms with Gasteiger partial charge in [-0.05, 0) is 32.7 Å². The van der Waals surface area contributed by atoms with Crippen LogP contribution in [0.3, 0.4) is 0 Å². The zero-order chi connectivity index (χ0) is 13.1. The Morgan fingerprint density at radius 3 is 2.39 bits per heavy atom. The summed E-state index contributed by atoms with van der Waals surface area (Å²) in [4.78, 5) is 13.7. The number of rotatable bonds is 7. The first-order chi connectivity index (χ1) is 7.85. The molecule has 0 aromatic heterocycles. The van der Waals surface area contributed by atoms with Crippen LogP contribution in [-0.2, 0) is 14.6 Å². The van der Waals surface area contributed by atoms with Gasteiger partial charge in [-0.3, -0.25) is 4.79 Å². The number of nitrogens with two attached hydrogens (primary N) is 1. The van der Waals surface area contributed by atoms with Crippen molar-refractivity contribution in [2.75, 3.05) is 18.6 Å². The highest BCUT2D eigenvalue weighted by atomic mass is 35.5. The van der Waals surface area contributed by atoms with Crippen LogP contribution >= 0.6 is 12.4 Å². The van der Waals surface area contributed by atoms with Crippen molar-refractivity contribution < 1.29 is 13.2 Å². The molecule has 2 N–H and O–H groups in total. The van der Waals surface area contributed by atoms with Crippen LogP contribution in [0.5, 0.6) is 0 Å². The average Bonchev–Trinajstić information content (AvgIpc) is 2.96. The van der Waals surface area contributed by atoms with Crippen LogP contribution in [0.1, 0.15) is 32.6 Å². The second-order valence-electron chi connectivity index (χ2n) is 4.87. The lowest BCUT2D eigenvalue weighted by Crippen LogP contribution is -2.43. The third-order valence-electron chi connectivity index (χ3n) is 2.84. The monoisotopic (exact) mass is 298 g/mol. The molecule has 1 aliphatic carbocycles. The van der Waals surface area contributed by atoms with Gasteiger partial charge in [0, 0.05) is 24.8 Å². The minimum absolute atomic E-state index is 0. The van der Waals surface area contributed by atoms with E-state index in [1.807, 2.05) is 0 Å². The second-order valence-corrected chi connectivity index (χ2v) is 7.05. The molecular formula is C11H23ClN2O3S. The summed E-state index contributed by atoms with van der Waals surface area (Å²) in [7, 11) is -3.05. The van der Waals surface area contributed by atoms with Crippen molar-refractivity contribution in [1.82, 2.24) is 4.90 Å². The summed E-state index contributed by atoms with van der Waals surface area (Å²) in [5.41, 5.74) is 5.38. The third-order valence-corrected chi connectivity index (χ3v) is 3.93. The van der Waals surface area contributed by atoms with Crippen molar-refractivity contribution in [3.63, 3.8) is 0 Å². The molecule has 1 unspecified atom stereocenters. The highest BCUT2D eigenvalue weighted by molar-refractivity contribution is 7.90. The Labute approximate surface area is 115 Å². The van der Waals surface area contributed by atoms with Crippen molar-refractivity contribution in [3.05, 3.63) is 0 Å². The van der Waals surface area contributed by atoms with Gasteiger partial charge in [0.25, 0.3) is 0 Å². The lowest BCUT2D eigenvalue weighted by Gasteiger charge is -2.29. The molecule has 0 heterocycles. The van der Waals surface area contributed by atoms with Gasteiger partial charge in [-0.15, -0.1) is 12.4 Å². The maximum Gasteiger partial charge on any atom is 0.223 e. The molecule has 0 spiro atoms. The summed E-state index contributed by atoms with van der Waals surface area (Å²) >= 11 is 0. The summed E-state index contributed by atoms with van der Waals surface area (Å²) in [6, 6.07) is 0.0137. The van der Waals surface area contributed by atoms with Crippen molar-refractivity contribution in [3.8, 4) is 0 Å². The van der Waals surface area contributed by atoms with E-state index in [1.54, 1.807) is 11.8 Å². The fraction of sp³-hybridized carbons (Fsp3) is 0.909. The van der Waals surface area contributed by atoms with Crippen LogP contribution in [0.2, 0.25) is 0 Å². The van der Waals surface area contributed by atoms with Gasteiger partial charge in [-0.2, -0.15) is 0 Å². The number of amides is 1. The van der Waals surface area contributed by atoms with E-state index < -0.39 is 9.84 Å². The lowest BCUT2D eigenvalue weighted by molar-refractivity contribution is -0.133. The van der Waals surface area contributed by atoms with Crippen LogP contribution < -0.4 is 5.73 Å². The molecule has 0 aromatic rings. The van der Waals surface area contributed by atoms with E-state index in [2.05, 4.69) is 0 Å². The molecule has 0 aliphatic heterocycles. The molecule has 1 amide bonds. The summed E-state index contributed by atoms with van der Waals surface area (Å²) in [5.74, 6) is 0.0758. The standard InChI is InChI=1S/C11H22N2O3S.ClH/c1-9(8-17(2,15)16)13(10-5-6-10)11(14)4-3-7-12;/h9-10H,3-8,12H2,1-2H3;1H. The quantitative estimate of drug-likeness (QED) is 0.745. The van der Waals surface area contributed by atoms with E-state index >= 15 is 0 Å². The highest BCUT2D eigenvalue weighted by Gasteiger charge is 2.36. The Morgan fingerprint density at radius 1 is 1.44 bits per heavy atom. The van der Waals surface area contributed by atoms with Gasteiger partial charge in [0.1, 0.15) is 9.84 Å². The molecule has 1 rings (SSSR count). The number of hydrogen-bond donors (Lipinski definition) is 1. The summed E-state index contributed by atoms with van der Waals surface area (Å²) < 4.78 is 22.5. The first kappa shape index (κ1) is 17.7. The fourth-order valence-electron chi connectivity index (χ4n) is 2.06. The molecule has 0 bridgehead atoms. The van der Waals surface area contributed by atoms with Gasteiger partial charge in [-0.1, -0.05) is 0 Å². The zero-order valence-corrected chi connectivity index (χ0v) is 12.6. The summed E-state index contributed by atoms with van der Waals surface area (Å²) in [6.07, 6.45) is 4.26. The topological polar surface area (TPSA) is 80.5 Å². The van der Waals surface area contributed by atoms with E-state index in [9.17, 15) is 13.2 Å². The van der Waals surface area contributed by atoms with Crippen LogP contribution in [0.25, 0.3) is 0 Å². The number of carbonyl (C=O) groups excluding carboxylic acids is 1. The Bertz CT molecular complexity index is 368. The Morgan fingerprint density at radius 2 is 2.00 bits per heavy atom. The van der Waals surface area contributed by atoms with Crippen LogP contribution in [0.15, 0.2) is 0 Å². The molecule has 1 saturated carbocycles. The number of carbonyl (C=O) groups is 1. The largest absolute Gasteiger partial charge is 0.336 e. The predicted octanol–water partition coefficient (Wildman–Crippen LogP) is 0.571. The number of nitrogens with zero attached hydrogens (tertiary/aromatic N) is 1. The average molecular weight is 299 g/mol. The van der Waals surface area contributed by atoms with E-state index in [0.717, 1.165) is 12.8 Å². The molecule has 0 radical (unpaired) electrons. The van der Waals surface area contributed by atoms with Gasteiger partial charge in [0.05, 0.1) is 5.75 Å². The maximum absolute atomic E-state index is 12.0. The lowest BCUT2D eigenvalue weighted by atomic mass is 10.2. The van der Waals surface area contributed by atoms with Gasteiger partial charge in [0.15, 0.2) is 0 Å². The van der Waals surface area contributed by atoms with E-state index in [-0.39, 0.29) is 36.2 Å². The zero-order valence-electron chi connectivity index (χ0n) is 11.0. The minimum Gasteiger partial charge on any atom is -0.336 e. The van der Waals surface area contributed by atoms with E-state index in [1.165, 1.54) is 6.26 Å². The Balaban J connectivity index is 0.00000289. The van der Waals surface area contributed by atoms with Gasteiger partial charge < -0.3 is 10.6 Å². The fourth-order valence-corrected chi connectivity index (χ4v) is 3.10. The number of halogens is 1. The molecule has 7 heteroatoms. The molecule has 108 valence electrons. The van der Waals surface area contributed by atoms with Gasteiger partial charge >= 0.3 is 0 Å². The molecule has 18 heavy (non-hydrogen) atoms. The van der Waals surface area contributed by atoms with Gasteiger partial charge in [0.2, 0.25) is 5.91 Å². The normalized spacial score (nSPS) is 16.8. The van der Waals surface area contributed by atoms with Crippen molar-refractivity contribution in [2.45, 2.75) is 44.7 Å². The first-order valence-electron chi connectivity index (χ1n) is 6.04. The molecule has 1 atom stereocenters. The smallest absolute Gasteiger partial charge is 0.223 e. The third kappa shape index (κ3) is 6.02. The van der Waals surface area contributed by atoms with Crippen molar-refractivity contribution >= 4 is 28.2 Å². The SMILES string of the molecule is CC(CS(C)(=O)=O)N(C(=O)CCCN)C1CC1.Cl. The minimum atomic E-state index is -3.05. The van der Waals surface area contributed by atoms with Crippen LogP contribution in [0.4, 0.5) is 0 Å². The number of hydrogen-bond acceptors (Lipinski definition) is 4. The second kappa shape index (κ2) is 7.31. The first-order valence-corrected chi connectivity index (χ1v) is 8.10. The van der Waals surface area contributed by atoms with E-state index in [0.29, 0.717) is 19.4 Å². The summed E-state index contributed by atoms with van der Waals surface area (Å²) in [6.45, 7) is 2.30. The predicted molar refractivity (Wildman–Crippen MR) is 74.6 cm³/mol. The van der Waals surface area contributed by atoms with E-state index in [4.69, 9.17) is 5.73 Å². The maximum atomic E-state index is 12.0. The highest BCUT2D eigenvalue weighted by Crippen LogP contribution is 2.29. The summed E-state index contributed by atoms with van der Waals surface area (Å²) in [5, 5.41) is 0. The van der Waals surface area contributed by atoms with Crippen molar-refractivity contribution in [1.29, 1.82) is 0 Å². The molecular weight excluding hydrogens is 276 g/mol. The van der Waals surface area contributed by atoms with Crippen LogP contribution in [-0.4, -0.2) is 49.9 Å². The Kier molecular flexibility index (Phi) is 7.17. The number of sulfone groups is 1. The molecule has 0 aromatic carbocycles. The molecule has 1 fully saturated rings. The van der Waals surface area contributed by atoms with Gasteiger partial charge in [-0.25, -0.2) is 8.42 Å². The molecule has 5 nitrogen and oxygen atoms in total. The molecule has 0 saturated heterocycles. The Hall–Kier alpha value is -0.330. The van der Waals surface area contributed by atoms with Crippen LogP contribution in [0, 0.1) is 0 Å².